The van der Waals surface area contributed by atoms with Crippen molar-refractivity contribution in [2.75, 3.05) is 18.5 Å². The van der Waals surface area contributed by atoms with Gasteiger partial charge in [0.2, 0.25) is 18.3 Å². The van der Waals surface area contributed by atoms with Crippen molar-refractivity contribution in [3.05, 3.63) is 64.7 Å². The van der Waals surface area contributed by atoms with Crippen molar-refractivity contribution in [1.82, 2.24) is 16.0 Å². The fourth-order valence-electron chi connectivity index (χ4n) is 3.81. The number of rotatable bonds is 10. The lowest BCUT2D eigenvalue weighted by atomic mass is 10.1. The number of aliphatic carboxylic acids is 1. The maximum absolute atomic E-state index is 12.8. The van der Waals surface area contributed by atoms with Crippen LogP contribution in [0.1, 0.15) is 35.2 Å². The van der Waals surface area contributed by atoms with Gasteiger partial charge < -0.3 is 36.8 Å². The molecule has 15 heteroatoms. The maximum atomic E-state index is 12.8. The Hall–Kier alpha value is -3.88. The van der Waals surface area contributed by atoms with Crippen LogP contribution in [0.3, 0.4) is 0 Å². The van der Waals surface area contributed by atoms with Gasteiger partial charge in [0.05, 0.1) is 5.54 Å². The molecule has 1 fully saturated rings. The lowest BCUT2D eigenvalue weighted by Crippen LogP contribution is -2.48. The van der Waals surface area contributed by atoms with Gasteiger partial charge in [0.15, 0.2) is 0 Å². The van der Waals surface area contributed by atoms with Crippen molar-refractivity contribution in [1.29, 1.82) is 0 Å². The van der Waals surface area contributed by atoms with Gasteiger partial charge in [0, 0.05) is 22.8 Å². The minimum Gasteiger partial charge on any atom is -0.480 e. The van der Waals surface area contributed by atoms with E-state index in [-0.39, 0.29) is 24.9 Å². The highest BCUT2D eigenvalue weighted by Gasteiger charge is 2.45. The lowest BCUT2D eigenvalue weighted by Gasteiger charge is -2.26. The molecule has 0 aromatic heterocycles. The van der Waals surface area contributed by atoms with Crippen molar-refractivity contribution in [3.63, 3.8) is 0 Å². The number of nitrogens with one attached hydrogen (secondary N) is 4. The Morgan fingerprint density at radius 3 is 2.45 bits per heavy atom. The van der Waals surface area contributed by atoms with E-state index in [1.807, 2.05) is 12.1 Å². The fourth-order valence-corrected chi connectivity index (χ4v) is 3.93. The Labute approximate surface area is 232 Å². The summed E-state index contributed by atoms with van der Waals surface area (Å²) in [6, 6.07) is 12.3. The highest BCUT2D eigenvalue weighted by molar-refractivity contribution is 6.30. The highest BCUT2D eigenvalue weighted by Crippen LogP contribution is 2.45. The molecular weight excluding hydrogens is 555 g/mol. The molecule has 214 valence electrons. The largest absolute Gasteiger partial charge is 0.480 e. The zero-order valence-corrected chi connectivity index (χ0v) is 21.7. The molecule has 0 bridgehead atoms. The van der Waals surface area contributed by atoms with Crippen LogP contribution in [0.25, 0.3) is 0 Å². The normalized spacial score (nSPS) is 18.5. The highest BCUT2D eigenvalue weighted by atomic mass is 35.5. The number of hydrogen-bond donors (Lipinski definition) is 6. The van der Waals surface area contributed by atoms with Gasteiger partial charge in [-0.05, 0) is 61.2 Å². The van der Waals surface area contributed by atoms with E-state index < -0.39 is 42.6 Å². The topological polar surface area (TPSA) is 162 Å². The molecule has 1 aliphatic carbocycles. The predicted molar refractivity (Wildman–Crippen MR) is 142 cm³/mol. The predicted octanol–water partition coefficient (Wildman–Crippen LogP) is 2.74. The Balaban J connectivity index is 1.43. The Morgan fingerprint density at radius 2 is 1.85 bits per heavy atom. The van der Waals surface area contributed by atoms with Crippen molar-refractivity contribution in [2.45, 2.75) is 43.4 Å². The number of benzene rings is 2. The lowest BCUT2D eigenvalue weighted by molar-refractivity contribution is -0.186. The van der Waals surface area contributed by atoms with Gasteiger partial charge in [-0.3, -0.25) is 9.59 Å². The van der Waals surface area contributed by atoms with Crippen LogP contribution in [0.2, 0.25) is 5.02 Å². The Morgan fingerprint density at radius 1 is 1.18 bits per heavy atom. The number of carboxylic acid groups (broad SMARTS) is 1. The molecule has 2 aromatic rings. The smallest absolute Gasteiger partial charge is 0.411 e. The summed E-state index contributed by atoms with van der Waals surface area (Å²) in [7, 11) is 0. The molecule has 0 saturated heterocycles. The van der Waals surface area contributed by atoms with Crippen LogP contribution in [-0.4, -0.2) is 60.6 Å². The van der Waals surface area contributed by atoms with E-state index in [9.17, 15) is 22.8 Å². The number of anilines is 1. The molecule has 1 aliphatic heterocycles. The number of carbonyl (C=O) groups is 2. The van der Waals surface area contributed by atoms with Crippen molar-refractivity contribution >= 4 is 41.1 Å². The number of carbonyl (C=O) groups excluding carboxylic acids is 1. The summed E-state index contributed by atoms with van der Waals surface area (Å²) in [5.74, 6) is -1.42. The van der Waals surface area contributed by atoms with E-state index in [0.29, 0.717) is 16.3 Å². The van der Waals surface area contributed by atoms with Gasteiger partial charge in [-0.1, -0.05) is 23.7 Å². The first-order chi connectivity index (χ1) is 18.9. The molecule has 0 radical (unpaired) electrons. The molecule has 0 spiro atoms. The molecule has 4 rings (SSSR count). The number of nitrogens with zero attached hydrogens (tertiary/aromatic N) is 2. The van der Waals surface area contributed by atoms with E-state index >= 15 is 0 Å². The number of amides is 1. The Bertz CT molecular complexity index is 1280. The van der Waals surface area contributed by atoms with Gasteiger partial charge in [-0.2, -0.15) is 23.2 Å². The number of nitrogens with two attached hydrogens (primary N) is 1. The third kappa shape index (κ3) is 8.07. The average molecular weight is 582 g/mol. The van der Waals surface area contributed by atoms with Crippen LogP contribution >= 0.6 is 11.6 Å². The molecule has 7 N–H and O–H groups in total. The summed E-state index contributed by atoms with van der Waals surface area (Å²) in [6.45, 7) is -1.43. The molecule has 11 nitrogen and oxygen atoms in total. The van der Waals surface area contributed by atoms with Crippen molar-refractivity contribution in [3.8, 4) is 0 Å². The van der Waals surface area contributed by atoms with E-state index in [0.717, 1.165) is 18.4 Å². The van der Waals surface area contributed by atoms with Crippen LogP contribution in [-0.2, 0) is 15.1 Å². The van der Waals surface area contributed by atoms with Gasteiger partial charge in [0.1, 0.15) is 12.6 Å². The summed E-state index contributed by atoms with van der Waals surface area (Å²) in [4.78, 5) is 31.6. The molecule has 40 heavy (non-hydrogen) atoms. The second-order valence-electron chi connectivity index (χ2n) is 9.24. The number of guanidine groups is 2. The standard InChI is InChI=1S/C25H27ClF3N7O4/c26-16-5-3-15(4-6-16)24(10-11-24)36-22-33-21(34-23(35-22)40-13-25(27,28)29)32-17-7-1-14(2-8-17)19(37)31-12-9-18(30)20(38)39/h1-8,18,23H,9-13,30H2,(H,31,37)(H,38,39)(H3,32,33,34,35,36)/t18-,23?/m1/s1. The molecule has 2 atom stereocenters. The third-order valence-corrected chi connectivity index (χ3v) is 6.34. The number of carboxylic acids is 1. The first-order valence-electron chi connectivity index (χ1n) is 12.2. The maximum Gasteiger partial charge on any atom is 0.411 e. The quantitative estimate of drug-likeness (QED) is 0.249. The number of alkyl halides is 3. The zero-order chi connectivity index (χ0) is 28.9. The van der Waals surface area contributed by atoms with Gasteiger partial charge in [-0.15, -0.1) is 0 Å². The number of ether oxygens (including phenoxy) is 1. The van der Waals surface area contributed by atoms with Crippen LogP contribution < -0.4 is 27.0 Å². The third-order valence-electron chi connectivity index (χ3n) is 6.09. The van der Waals surface area contributed by atoms with Crippen LogP contribution in [0, 0.1) is 0 Å². The van der Waals surface area contributed by atoms with Crippen molar-refractivity contribution in [2.24, 2.45) is 15.7 Å². The second-order valence-corrected chi connectivity index (χ2v) is 9.68. The monoisotopic (exact) mass is 581 g/mol. The second kappa shape index (κ2) is 12.1. The first-order valence-corrected chi connectivity index (χ1v) is 12.6. The summed E-state index contributed by atoms with van der Waals surface area (Å²) in [6.07, 6.45) is -4.32. The fraction of sp³-hybridized carbons (Fsp3) is 0.360. The minimum absolute atomic E-state index is 0.0704. The molecule has 1 amide bonds. The SMILES string of the molecule is N[C@H](CCNC(=O)c1ccc(NC2=NC(NC3(c4ccc(Cl)cc4)CC3)=NC(OCC(F)(F)F)N2)cc1)C(=O)O. The van der Waals surface area contributed by atoms with E-state index in [2.05, 4.69) is 31.3 Å². The van der Waals surface area contributed by atoms with Crippen LogP contribution in [0.4, 0.5) is 18.9 Å². The number of hydrogen-bond acceptors (Lipinski definition) is 9. The van der Waals surface area contributed by atoms with E-state index in [4.69, 9.17) is 27.2 Å². The van der Waals surface area contributed by atoms with Crippen LogP contribution in [0.5, 0.6) is 0 Å². The average Bonchev–Trinajstić information content (AvgIpc) is 3.68. The minimum atomic E-state index is -4.55. The molecule has 2 aliphatic rings. The van der Waals surface area contributed by atoms with E-state index in [1.54, 1.807) is 24.3 Å². The van der Waals surface area contributed by atoms with Crippen LogP contribution in [0.15, 0.2) is 58.5 Å². The van der Waals surface area contributed by atoms with E-state index in [1.165, 1.54) is 12.1 Å². The number of aliphatic imine (C=N–C) groups is 2. The molecule has 1 heterocycles. The summed E-state index contributed by atoms with van der Waals surface area (Å²) in [5, 5.41) is 20.8. The van der Waals surface area contributed by atoms with Gasteiger partial charge in [-0.25, -0.2) is 0 Å². The van der Waals surface area contributed by atoms with Gasteiger partial charge >= 0.3 is 12.1 Å². The van der Waals surface area contributed by atoms with Crippen molar-refractivity contribution < 1.29 is 32.6 Å². The summed E-state index contributed by atoms with van der Waals surface area (Å²) < 4.78 is 43.3. The molecular formula is C25H27ClF3N7O4. The zero-order valence-electron chi connectivity index (χ0n) is 21.0. The summed E-state index contributed by atoms with van der Waals surface area (Å²) >= 11 is 5.99. The molecule has 1 saturated carbocycles. The molecule has 1 unspecified atom stereocenters. The van der Waals surface area contributed by atoms with Gasteiger partial charge in [0.25, 0.3) is 5.91 Å². The first kappa shape index (κ1) is 29.1. The Kier molecular flexibility index (Phi) is 8.81. The molecule has 2 aromatic carbocycles. The summed E-state index contributed by atoms with van der Waals surface area (Å²) in [5.41, 5.74) is 6.67. The number of halogens is 4.